The summed E-state index contributed by atoms with van der Waals surface area (Å²) in [4.78, 5) is 0. The zero-order valence-electron chi connectivity index (χ0n) is 12.7. The molecule has 0 aliphatic carbocycles. The Hall–Kier alpha value is -1.59. The van der Waals surface area contributed by atoms with E-state index in [9.17, 15) is 10.0 Å². The Morgan fingerprint density at radius 1 is 0.773 bits per heavy atom. The molecule has 0 saturated heterocycles. The highest BCUT2D eigenvalue weighted by atomic mass is 16.5. The van der Waals surface area contributed by atoms with Gasteiger partial charge in [-0.15, -0.1) is 0 Å². The minimum atomic E-state index is -0.703. The first kappa shape index (κ1) is 15.3. The average Bonchev–Trinajstić information content (AvgIpc) is 3.03. The third-order valence-corrected chi connectivity index (χ3v) is 3.92. The molecule has 2 N–H and O–H groups in total. The molecule has 2 aliphatic rings. The second kappa shape index (κ2) is 6.26. The SMILES string of the molecule is Cc1ccc2c(c1)COB2O.Cc1ccc2c(c1)COB2O. The van der Waals surface area contributed by atoms with Crippen LogP contribution in [0.25, 0.3) is 0 Å². The molecule has 0 radical (unpaired) electrons. The molecule has 6 heteroatoms. The molecule has 0 aromatic heterocycles. The van der Waals surface area contributed by atoms with Gasteiger partial charge in [0.15, 0.2) is 0 Å². The van der Waals surface area contributed by atoms with Gasteiger partial charge in [-0.25, -0.2) is 0 Å². The molecular weight excluding hydrogens is 278 g/mol. The molecule has 0 bridgehead atoms. The molecule has 0 atom stereocenters. The van der Waals surface area contributed by atoms with Crippen molar-refractivity contribution >= 4 is 25.2 Å². The highest BCUT2D eigenvalue weighted by Crippen LogP contribution is 2.11. The average molecular weight is 296 g/mol. The van der Waals surface area contributed by atoms with Gasteiger partial charge in [-0.05, 0) is 35.9 Å². The van der Waals surface area contributed by atoms with Gasteiger partial charge in [0.05, 0.1) is 13.2 Å². The molecule has 0 saturated carbocycles. The van der Waals surface area contributed by atoms with Crippen LogP contribution in [0, 0.1) is 13.8 Å². The molecule has 0 fully saturated rings. The zero-order chi connectivity index (χ0) is 15.7. The summed E-state index contributed by atoms with van der Waals surface area (Å²) in [6.07, 6.45) is 0. The summed E-state index contributed by atoms with van der Waals surface area (Å²) in [5.74, 6) is 0. The predicted octanol–water partition coefficient (Wildman–Crippen LogP) is 0.425. The smallest absolute Gasteiger partial charge is 0.423 e. The highest BCUT2D eigenvalue weighted by Gasteiger charge is 2.27. The molecule has 2 heterocycles. The molecule has 4 nitrogen and oxygen atoms in total. The van der Waals surface area contributed by atoms with Crippen LogP contribution in [0.4, 0.5) is 0 Å². The van der Waals surface area contributed by atoms with Gasteiger partial charge >= 0.3 is 14.2 Å². The lowest BCUT2D eigenvalue weighted by atomic mass is 9.79. The quantitative estimate of drug-likeness (QED) is 0.692. The fraction of sp³-hybridized carbons (Fsp3) is 0.250. The Morgan fingerprint density at radius 2 is 1.18 bits per heavy atom. The number of rotatable bonds is 0. The molecule has 2 aliphatic heterocycles. The van der Waals surface area contributed by atoms with Gasteiger partial charge in [-0.1, -0.05) is 47.5 Å². The van der Waals surface area contributed by atoms with Crippen LogP contribution in [0.3, 0.4) is 0 Å². The summed E-state index contributed by atoms with van der Waals surface area (Å²) < 4.78 is 10.1. The Bertz CT molecular complexity index is 630. The number of aryl methyl sites for hydroxylation is 2. The first-order chi connectivity index (χ1) is 10.5. The molecule has 0 amide bonds. The van der Waals surface area contributed by atoms with Crippen LogP contribution in [-0.4, -0.2) is 24.3 Å². The molecule has 2 aromatic rings. The van der Waals surface area contributed by atoms with Gasteiger partial charge < -0.3 is 19.4 Å². The number of benzene rings is 2. The summed E-state index contributed by atoms with van der Waals surface area (Å²) in [5, 5.41) is 18.5. The van der Waals surface area contributed by atoms with E-state index in [1.807, 2.05) is 50.2 Å². The molecule has 22 heavy (non-hydrogen) atoms. The van der Waals surface area contributed by atoms with Crippen molar-refractivity contribution in [2.24, 2.45) is 0 Å². The van der Waals surface area contributed by atoms with E-state index in [-0.39, 0.29) is 0 Å². The van der Waals surface area contributed by atoms with Crippen LogP contribution in [0.15, 0.2) is 36.4 Å². The van der Waals surface area contributed by atoms with Crippen LogP contribution in [0.1, 0.15) is 22.3 Å². The van der Waals surface area contributed by atoms with E-state index >= 15 is 0 Å². The maximum atomic E-state index is 9.25. The fourth-order valence-electron chi connectivity index (χ4n) is 2.72. The molecule has 4 rings (SSSR count). The van der Waals surface area contributed by atoms with Crippen LogP contribution in [0.2, 0.25) is 0 Å². The van der Waals surface area contributed by atoms with E-state index in [1.165, 1.54) is 11.1 Å². The first-order valence-electron chi connectivity index (χ1n) is 7.33. The van der Waals surface area contributed by atoms with Crippen molar-refractivity contribution in [1.29, 1.82) is 0 Å². The van der Waals surface area contributed by atoms with Crippen molar-refractivity contribution < 1.29 is 19.4 Å². The van der Waals surface area contributed by atoms with Crippen molar-refractivity contribution in [3.8, 4) is 0 Å². The van der Waals surface area contributed by atoms with E-state index < -0.39 is 14.2 Å². The largest absolute Gasteiger partial charge is 0.491 e. The minimum absolute atomic E-state index is 0.540. The molecule has 0 unspecified atom stereocenters. The van der Waals surface area contributed by atoms with Crippen LogP contribution in [-0.2, 0) is 22.5 Å². The van der Waals surface area contributed by atoms with Crippen molar-refractivity contribution in [2.75, 3.05) is 0 Å². The van der Waals surface area contributed by atoms with Crippen LogP contribution >= 0.6 is 0 Å². The van der Waals surface area contributed by atoms with Crippen molar-refractivity contribution in [3.05, 3.63) is 58.7 Å². The Kier molecular flexibility index (Phi) is 4.36. The Morgan fingerprint density at radius 3 is 1.59 bits per heavy atom. The lowest BCUT2D eigenvalue weighted by Crippen LogP contribution is -2.27. The van der Waals surface area contributed by atoms with Gasteiger partial charge in [0.25, 0.3) is 0 Å². The zero-order valence-corrected chi connectivity index (χ0v) is 12.7. The molecule has 0 spiro atoms. The third kappa shape index (κ3) is 3.10. The lowest BCUT2D eigenvalue weighted by Gasteiger charge is -1.97. The highest BCUT2D eigenvalue weighted by molar-refractivity contribution is 6.61. The normalized spacial score (nSPS) is 15.3. The molecule has 2 aromatic carbocycles. The third-order valence-electron chi connectivity index (χ3n) is 3.92. The van der Waals surface area contributed by atoms with E-state index in [0.29, 0.717) is 13.2 Å². The van der Waals surface area contributed by atoms with E-state index in [2.05, 4.69) is 0 Å². The van der Waals surface area contributed by atoms with Crippen LogP contribution in [0.5, 0.6) is 0 Å². The minimum Gasteiger partial charge on any atom is -0.423 e. The molecule has 112 valence electrons. The number of hydrogen-bond acceptors (Lipinski definition) is 4. The lowest BCUT2D eigenvalue weighted by molar-refractivity contribution is 0.275. The number of fused-ring (bicyclic) bond motifs is 2. The maximum Gasteiger partial charge on any atom is 0.491 e. The second-order valence-corrected chi connectivity index (χ2v) is 5.73. The van der Waals surface area contributed by atoms with Gasteiger partial charge in [-0.2, -0.15) is 0 Å². The van der Waals surface area contributed by atoms with Crippen molar-refractivity contribution in [3.63, 3.8) is 0 Å². The van der Waals surface area contributed by atoms with Gasteiger partial charge in [0.1, 0.15) is 0 Å². The summed E-state index contributed by atoms with van der Waals surface area (Å²) in [5.41, 5.74) is 6.46. The number of hydrogen-bond donors (Lipinski definition) is 2. The molecular formula is C16H18B2O4. The standard InChI is InChI=1S/2C8H9BO2/c2*1-6-2-3-8-7(4-6)5-11-9(8)10/h2*2-4,10H,5H2,1H3. The van der Waals surface area contributed by atoms with Gasteiger partial charge in [-0.3, -0.25) is 0 Å². The van der Waals surface area contributed by atoms with Crippen LogP contribution < -0.4 is 10.9 Å². The fourth-order valence-corrected chi connectivity index (χ4v) is 2.72. The topological polar surface area (TPSA) is 58.9 Å². The van der Waals surface area contributed by atoms with Crippen molar-refractivity contribution in [2.45, 2.75) is 27.1 Å². The van der Waals surface area contributed by atoms with E-state index in [1.54, 1.807) is 0 Å². The summed E-state index contributed by atoms with van der Waals surface area (Å²) >= 11 is 0. The monoisotopic (exact) mass is 296 g/mol. The second-order valence-electron chi connectivity index (χ2n) is 5.73. The van der Waals surface area contributed by atoms with Crippen molar-refractivity contribution in [1.82, 2.24) is 0 Å². The Labute approximate surface area is 131 Å². The Balaban J connectivity index is 0.000000131. The van der Waals surface area contributed by atoms with Gasteiger partial charge in [0, 0.05) is 0 Å². The maximum absolute atomic E-state index is 9.25. The summed E-state index contributed by atoms with van der Waals surface area (Å²) in [7, 11) is -1.41. The van der Waals surface area contributed by atoms with E-state index in [0.717, 1.165) is 22.1 Å². The predicted molar refractivity (Wildman–Crippen MR) is 87.1 cm³/mol. The summed E-state index contributed by atoms with van der Waals surface area (Å²) in [6, 6.07) is 11.9. The van der Waals surface area contributed by atoms with Gasteiger partial charge in [0.2, 0.25) is 0 Å². The summed E-state index contributed by atoms with van der Waals surface area (Å²) in [6.45, 7) is 5.15. The van der Waals surface area contributed by atoms with E-state index in [4.69, 9.17) is 9.31 Å². The first-order valence-corrected chi connectivity index (χ1v) is 7.33.